The molecule has 4 atom stereocenters. The lowest BCUT2D eigenvalue weighted by molar-refractivity contribution is -0.151. The molecule has 0 amide bonds. The molecule has 0 radical (unpaired) electrons. The van der Waals surface area contributed by atoms with Gasteiger partial charge in [0.1, 0.15) is 23.7 Å². The third kappa shape index (κ3) is 3.81. The lowest BCUT2D eigenvalue weighted by Crippen LogP contribution is -2.50. The van der Waals surface area contributed by atoms with Crippen molar-refractivity contribution in [1.82, 2.24) is 9.97 Å². The van der Waals surface area contributed by atoms with E-state index < -0.39 is 36.3 Å². The highest BCUT2D eigenvalue weighted by Crippen LogP contribution is 2.36. The summed E-state index contributed by atoms with van der Waals surface area (Å²) in [5.41, 5.74) is -0.130. The summed E-state index contributed by atoms with van der Waals surface area (Å²) in [5.74, 6) is -0.470. The van der Waals surface area contributed by atoms with E-state index in [1.165, 1.54) is 6.07 Å². The highest BCUT2D eigenvalue weighted by molar-refractivity contribution is 5.78. The third-order valence-electron chi connectivity index (χ3n) is 4.75. The Bertz CT molecular complexity index is 1090. The highest BCUT2D eigenvalue weighted by atomic mass is 19.4. The first-order valence-corrected chi connectivity index (χ1v) is 9.02. The average molecular weight is 418 g/mol. The van der Waals surface area contributed by atoms with Gasteiger partial charge in [-0.1, -0.05) is 36.9 Å². The van der Waals surface area contributed by atoms with Gasteiger partial charge in [-0.15, -0.1) is 0 Å². The molecule has 30 heavy (non-hydrogen) atoms. The fraction of sp³-hybridized carbons (Fsp3) is 0.238. The quantitative estimate of drug-likeness (QED) is 0.678. The summed E-state index contributed by atoms with van der Waals surface area (Å²) in [6.45, 7) is 3.59. The second kappa shape index (κ2) is 7.58. The van der Waals surface area contributed by atoms with Crippen molar-refractivity contribution in [3.05, 3.63) is 78.3 Å². The summed E-state index contributed by atoms with van der Waals surface area (Å²) in [7, 11) is 0. The number of aliphatic hydroxyl groups excluding tert-OH is 2. The minimum Gasteiger partial charge on any atom is -0.482 e. The van der Waals surface area contributed by atoms with Gasteiger partial charge in [0.15, 0.2) is 12.2 Å². The summed E-state index contributed by atoms with van der Waals surface area (Å²) < 4.78 is 50.1. The van der Waals surface area contributed by atoms with Crippen LogP contribution in [0.3, 0.4) is 0 Å². The molecule has 6 nitrogen and oxygen atoms in total. The Hall–Kier alpha value is -3.17. The predicted molar refractivity (Wildman–Crippen MR) is 100 cm³/mol. The summed E-state index contributed by atoms with van der Waals surface area (Å²) in [6.07, 6.45) is -9.99. The summed E-state index contributed by atoms with van der Waals surface area (Å²) >= 11 is 0. The molecular formula is C21H17F3N2O4. The van der Waals surface area contributed by atoms with Crippen LogP contribution in [0, 0.1) is 0 Å². The Labute approximate surface area is 169 Å². The van der Waals surface area contributed by atoms with Crippen LogP contribution in [-0.4, -0.2) is 38.5 Å². The normalized spacial score (nSPS) is 24.5. The minimum absolute atomic E-state index is 0.0979. The minimum atomic E-state index is -4.66. The maximum Gasteiger partial charge on any atom is 0.433 e. The molecular weight excluding hydrogens is 401 g/mol. The first-order valence-electron chi connectivity index (χ1n) is 9.02. The van der Waals surface area contributed by atoms with Crippen LogP contribution in [0.2, 0.25) is 0 Å². The Kier molecular flexibility index (Phi) is 5.08. The number of rotatable bonds is 3. The van der Waals surface area contributed by atoms with E-state index in [2.05, 4.69) is 16.5 Å². The first kappa shape index (κ1) is 20.1. The van der Waals surface area contributed by atoms with Crippen LogP contribution in [0.4, 0.5) is 13.2 Å². The van der Waals surface area contributed by atoms with Gasteiger partial charge in [-0.05, 0) is 18.2 Å². The molecule has 1 saturated heterocycles. The molecule has 2 aromatic heterocycles. The van der Waals surface area contributed by atoms with E-state index in [4.69, 9.17) is 9.47 Å². The number of aliphatic hydroxyl groups is 2. The first-order chi connectivity index (χ1) is 14.2. The molecule has 1 aliphatic rings. The largest absolute Gasteiger partial charge is 0.482 e. The van der Waals surface area contributed by atoms with E-state index in [0.29, 0.717) is 11.2 Å². The third-order valence-corrected chi connectivity index (χ3v) is 4.75. The van der Waals surface area contributed by atoms with Crippen LogP contribution in [0.15, 0.2) is 66.9 Å². The van der Waals surface area contributed by atoms with Gasteiger partial charge in [0.2, 0.25) is 5.88 Å². The van der Waals surface area contributed by atoms with Crippen LogP contribution >= 0.6 is 0 Å². The number of benzene rings is 1. The zero-order valence-electron chi connectivity index (χ0n) is 15.5. The molecule has 0 bridgehead atoms. The zero-order valence-corrected chi connectivity index (χ0v) is 15.5. The van der Waals surface area contributed by atoms with Crippen LogP contribution in [0.5, 0.6) is 5.88 Å². The molecule has 9 heteroatoms. The van der Waals surface area contributed by atoms with E-state index in [0.717, 1.165) is 17.5 Å². The molecule has 1 fully saturated rings. The maximum atomic E-state index is 13.0. The zero-order chi connectivity index (χ0) is 21.5. The number of pyridine rings is 2. The Morgan fingerprint density at radius 3 is 2.50 bits per heavy atom. The smallest absolute Gasteiger partial charge is 0.433 e. The van der Waals surface area contributed by atoms with Crippen molar-refractivity contribution in [3.63, 3.8) is 0 Å². The van der Waals surface area contributed by atoms with Crippen molar-refractivity contribution in [3.8, 4) is 5.88 Å². The second-order valence-electron chi connectivity index (χ2n) is 6.81. The van der Waals surface area contributed by atoms with Crippen molar-refractivity contribution < 1.29 is 32.9 Å². The molecule has 0 unspecified atom stereocenters. The molecule has 2 N–H and O–H groups in total. The van der Waals surface area contributed by atoms with Crippen molar-refractivity contribution in [2.24, 2.45) is 0 Å². The van der Waals surface area contributed by atoms with Crippen LogP contribution < -0.4 is 4.74 Å². The maximum absolute atomic E-state index is 13.0. The fourth-order valence-electron chi connectivity index (χ4n) is 3.23. The van der Waals surface area contributed by atoms with Crippen molar-refractivity contribution >= 4 is 10.9 Å². The number of para-hydroxylation sites is 1. The number of alkyl halides is 3. The lowest BCUT2D eigenvalue weighted by Gasteiger charge is -2.39. The van der Waals surface area contributed by atoms with Gasteiger partial charge in [-0.3, -0.25) is 0 Å². The standard InChI is InChI=1S/C21H17F3N2O4/c1-11-17(27)18(28)20(30-16-8-4-7-15(26-16)21(22,23)24)19(29-11)14-10-9-12-5-2-3-6-13(12)25-14/h2-10,17-20,27-28H,1H2/t17-,18-,19+,20+/m0/s1. The fourth-order valence-corrected chi connectivity index (χ4v) is 3.23. The SMILES string of the molecule is C=C1O[C@H](c2ccc3ccccc3n2)[C@H](Oc2cccc(C(F)(F)F)n2)[C@@H](O)[C@H]1O. The lowest BCUT2D eigenvalue weighted by atomic mass is 9.95. The van der Waals surface area contributed by atoms with Gasteiger partial charge >= 0.3 is 6.18 Å². The summed E-state index contributed by atoms with van der Waals surface area (Å²) in [5, 5.41) is 21.6. The molecule has 3 aromatic rings. The molecule has 1 aromatic carbocycles. The van der Waals surface area contributed by atoms with Gasteiger partial charge in [-0.25, -0.2) is 9.97 Å². The van der Waals surface area contributed by atoms with E-state index in [9.17, 15) is 23.4 Å². The van der Waals surface area contributed by atoms with E-state index >= 15 is 0 Å². The van der Waals surface area contributed by atoms with Crippen molar-refractivity contribution in [1.29, 1.82) is 0 Å². The number of hydrogen-bond donors (Lipinski definition) is 2. The number of fused-ring (bicyclic) bond motifs is 1. The molecule has 0 saturated carbocycles. The predicted octanol–water partition coefficient (Wildman–Crippen LogP) is 3.40. The Morgan fingerprint density at radius 1 is 0.967 bits per heavy atom. The summed E-state index contributed by atoms with van der Waals surface area (Å²) in [6, 6.07) is 13.9. The van der Waals surface area contributed by atoms with Crippen molar-refractivity contribution in [2.75, 3.05) is 0 Å². The van der Waals surface area contributed by atoms with Crippen molar-refractivity contribution in [2.45, 2.75) is 30.6 Å². The Balaban J connectivity index is 1.71. The number of aromatic nitrogens is 2. The van der Waals surface area contributed by atoms with Gasteiger partial charge in [-0.2, -0.15) is 13.2 Å². The number of halogens is 3. The highest BCUT2D eigenvalue weighted by Gasteiger charge is 2.45. The van der Waals surface area contributed by atoms with Gasteiger partial charge in [0.05, 0.1) is 11.2 Å². The average Bonchev–Trinajstić information content (AvgIpc) is 2.73. The molecule has 0 aliphatic carbocycles. The topological polar surface area (TPSA) is 84.7 Å². The monoisotopic (exact) mass is 418 g/mol. The summed E-state index contributed by atoms with van der Waals surface area (Å²) in [4.78, 5) is 7.96. The van der Waals surface area contributed by atoms with E-state index in [1.807, 2.05) is 12.1 Å². The number of ether oxygens (including phenoxy) is 2. The van der Waals surface area contributed by atoms with E-state index in [-0.39, 0.29) is 11.6 Å². The molecule has 1 aliphatic heterocycles. The molecule has 3 heterocycles. The second-order valence-corrected chi connectivity index (χ2v) is 6.81. The van der Waals surface area contributed by atoms with Gasteiger partial charge < -0.3 is 19.7 Å². The number of nitrogens with zero attached hydrogens (tertiary/aromatic N) is 2. The number of hydrogen-bond acceptors (Lipinski definition) is 6. The van der Waals surface area contributed by atoms with Gasteiger partial charge in [0, 0.05) is 11.5 Å². The Morgan fingerprint density at radius 2 is 1.73 bits per heavy atom. The molecule has 4 rings (SSSR count). The van der Waals surface area contributed by atoms with Gasteiger partial charge in [0.25, 0.3) is 0 Å². The van der Waals surface area contributed by atoms with Crippen LogP contribution in [0.25, 0.3) is 10.9 Å². The molecule has 156 valence electrons. The molecule has 0 spiro atoms. The van der Waals surface area contributed by atoms with Crippen LogP contribution in [-0.2, 0) is 10.9 Å². The van der Waals surface area contributed by atoms with E-state index in [1.54, 1.807) is 24.3 Å². The van der Waals surface area contributed by atoms with Crippen LogP contribution in [0.1, 0.15) is 17.5 Å².